The summed E-state index contributed by atoms with van der Waals surface area (Å²) in [5, 5.41) is 3.59. The van der Waals surface area contributed by atoms with E-state index >= 15 is 0 Å². The number of rotatable bonds is 8. The fraction of sp³-hybridized carbons (Fsp3) is 0.647. The molecular formula is C17H27BrFN. The van der Waals surface area contributed by atoms with Crippen LogP contribution in [-0.2, 0) is 6.42 Å². The summed E-state index contributed by atoms with van der Waals surface area (Å²) in [4.78, 5) is 0. The maximum Gasteiger partial charge on any atom is 0.124 e. The Labute approximate surface area is 131 Å². The Balaban J connectivity index is 2.79. The third kappa shape index (κ3) is 5.17. The van der Waals surface area contributed by atoms with E-state index < -0.39 is 0 Å². The second kappa shape index (κ2) is 8.14. The fourth-order valence-corrected chi connectivity index (χ4v) is 3.00. The molecule has 0 heterocycles. The zero-order chi connectivity index (χ0) is 15.2. The van der Waals surface area contributed by atoms with Gasteiger partial charge in [-0.2, -0.15) is 0 Å². The molecule has 0 atom stereocenters. The zero-order valence-corrected chi connectivity index (χ0v) is 14.7. The first-order chi connectivity index (χ1) is 9.42. The van der Waals surface area contributed by atoms with Crippen LogP contribution in [0.4, 0.5) is 4.39 Å². The molecule has 0 saturated carbocycles. The van der Waals surface area contributed by atoms with E-state index in [4.69, 9.17) is 0 Å². The minimum Gasteiger partial charge on any atom is -0.316 e. The van der Waals surface area contributed by atoms with Gasteiger partial charge >= 0.3 is 0 Å². The summed E-state index contributed by atoms with van der Waals surface area (Å²) in [6.45, 7) is 11.0. The lowest BCUT2D eigenvalue weighted by Gasteiger charge is -2.33. The van der Waals surface area contributed by atoms with E-state index in [0.29, 0.717) is 5.92 Å². The first kappa shape index (κ1) is 17.6. The highest BCUT2D eigenvalue weighted by atomic mass is 79.9. The molecule has 0 radical (unpaired) electrons. The summed E-state index contributed by atoms with van der Waals surface area (Å²) in [6, 6.07) is 5.02. The molecule has 1 aromatic rings. The van der Waals surface area contributed by atoms with E-state index in [1.54, 1.807) is 12.1 Å². The Morgan fingerprint density at radius 1 is 1.25 bits per heavy atom. The molecule has 0 fully saturated rings. The van der Waals surface area contributed by atoms with Crippen molar-refractivity contribution >= 4 is 15.9 Å². The maximum absolute atomic E-state index is 13.2. The van der Waals surface area contributed by atoms with E-state index in [-0.39, 0.29) is 11.2 Å². The third-order valence-corrected chi connectivity index (χ3v) is 4.87. The molecule has 0 aliphatic carbocycles. The number of hydrogen-bond donors (Lipinski definition) is 1. The minimum atomic E-state index is -0.183. The molecule has 1 rings (SSSR count). The highest BCUT2D eigenvalue weighted by Crippen LogP contribution is 2.33. The highest BCUT2D eigenvalue weighted by molar-refractivity contribution is 9.10. The molecule has 0 aromatic heterocycles. The monoisotopic (exact) mass is 343 g/mol. The van der Waals surface area contributed by atoms with Crippen LogP contribution in [0.3, 0.4) is 0 Å². The first-order valence-corrected chi connectivity index (χ1v) is 8.36. The summed E-state index contributed by atoms with van der Waals surface area (Å²) in [7, 11) is 0. The van der Waals surface area contributed by atoms with E-state index in [0.717, 1.165) is 36.8 Å². The molecule has 1 nitrogen and oxygen atoms in total. The summed E-state index contributed by atoms with van der Waals surface area (Å²) in [5.41, 5.74) is 1.44. The fourth-order valence-electron chi connectivity index (χ4n) is 2.51. The number of halogens is 2. The molecule has 0 bridgehead atoms. The van der Waals surface area contributed by atoms with Crippen molar-refractivity contribution in [1.29, 1.82) is 0 Å². The Morgan fingerprint density at radius 2 is 1.90 bits per heavy atom. The van der Waals surface area contributed by atoms with Crippen molar-refractivity contribution < 1.29 is 4.39 Å². The van der Waals surface area contributed by atoms with Crippen molar-refractivity contribution in [3.05, 3.63) is 34.1 Å². The number of hydrogen-bond acceptors (Lipinski definition) is 1. The Kier molecular flexibility index (Phi) is 7.18. The predicted octanol–water partition coefficient (Wildman–Crippen LogP) is 5.18. The molecule has 1 N–H and O–H groups in total. The van der Waals surface area contributed by atoms with Gasteiger partial charge in [-0.1, -0.05) is 49.7 Å². The van der Waals surface area contributed by atoms with Gasteiger partial charge in [0, 0.05) is 11.0 Å². The lowest BCUT2D eigenvalue weighted by Crippen LogP contribution is -2.37. The van der Waals surface area contributed by atoms with Gasteiger partial charge in [0.25, 0.3) is 0 Å². The van der Waals surface area contributed by atoms with Gasteiger partial charge in [0.15, 0.2) is 0 Å². The van der Waals surface area contributed by atoms with Gasteiger partial charge in [-0.25, -0.2) is 4.39 Å². The Bertz CT molecular complexity index is 413. The Morgan fingerprint density at radius 3 is 2.40 bits per heavy atom. The molecule has 0 amide bonds. The highest BCUT2D eigenvalue weighted by Gasteiger charge is 2.27. The topological polar surface area (TPSA) is 12.0 Å². The predicted molar refractivity (Wildman–Crippen MR) is 88.5 cm³/mol. The van der Waals surface area contributed by atoms with Gasteiger partial charge in [0.1, 0.15) is 5.82 Å². The summed E-state index contributed by atoms with van der Waals surface area (Å²) in [5.74, 6) is 0.483. The lowest BCUT2D eigenvalue weighted by atomic mass is 9.77. The molecule has 0 spiro atoms. The molecule has 1 aromatic carbocycles. The van der Waals surface area contributed by atoms with Crippen molar-refractivity contribution in [2.24, 2.45) is 11.3 Å². The van der Waals surface area contributed by atoms with Crippen LogP contribution in [0.2, 0.25) is 0 Å². The van der Waals surface area contributed by atoms with Crippen LogP contribution in [0.1, 0.15) is 46.1 Å². The van der Waals surface area contributed by atoms with Crippen molar-refractivity contribution in [3.63, 3.8) is 0 Å². The van der Waals surface area contributed by atoms with Gasteiger partial charge in [0.2, 0.25) is 0 Å². The van der Waals surface area contributed by atoms with Crippen molar-refractivity contribution in [2.45, 2.75) is 47.0 Å². The van der Waals surface area contributed by atoms with Gasteiger partial charge in [0.05, 0.1) is 0 Å². The lowest BCUT2D eigenvalue weighted by molar-refractivity contribution is 0.242. The smallest absolute Gasteiger partial charge is 0.124 e. The molecule has 0 aliphatic heterocycles. The molecule has 0 aliphatic rings. The van der Waals surface area contributed by atoms with Crippen LogP contribution in [0.5, 0.6) is 0 Å². The van der Waals surface area contributed by atoms with Crippen LogP contribution < -0.4 is 5.32 Å². The normalized spacial score (nSPS) is 12.2. The van der Waals surface area contributed by atoms with E-state index in [1.807, 2.05) is 6.07 Å². The second-order valence-electron chi connectivity index (χ2n) is 6.14. The van der Waals surface area contributed by atoms with Crippen LogP contribution in [-0.4, -0.2) is 13.1 Å². The van der Waals surface area contributed by atoms with Gasteiger partial charge in [-0.3, -0.25) is 0 Å². The van der Waals surface area contributed by atoms with E-state index in [1.165, 1.54) is 5.56 Å². The average Bonchev–Trinajstić information content (AvgIpc) is 2.40. The van der Waals surface area contributed by atoms with Crippen LogP contribution in [0.15, 0.2) is 22.7 Å². The third-order valence-electron chi connectivity index (χ3n) is 4.13. The molecule has 0 unspecified atom stereocenters. The SMILES string of the molecule is CCC(CC)(CNCC(C)C)Cc1ccc(F)cc1Br. The van der Waals surface area contributed by atoms with Crippen LogP contribution >= 0.6 is 15.9 Å². The molecule has 114 valence electrons. The molecule has 0 saturated heterocycles. The average molecular weight is 344 g/mol. The zero-order valence-electron chi connectivity index (χ0n) is 13.1. The van der Waals surface area contributed by atoms with Crippen molar-refractivity contribution in [2.75, 3.05) is 13.1 Å². The standard InChI is InChI=1S/C17H27BrFN/c1-5-17(6-2,12-20-11-13(3)4)10-14-7-8-15(19)9-16(14)18/h7-9,13,20H,5-6,10-12H2,1-4H3. The van der Waals surface area contributed by atoms with Crippen molar-refractivity contribution in [1.82, 2.24) is 5.32 Å². The summed E-state index contributed by atoms with van der Waals surface area (Å²) < 4.78 is 14.1. The number of nitrogens with one attached hydrogen (secondary N) is 1. The molecular weight excluding hydrogens is 317 g/mol. The second-order valence-corrected chi connectivity index (χ2v) is 7.00. The summed E-state index contributed by atoms with van der Waals surface area (Å²) >= 11 is 3.49. The number of benzene rings is 1. The summed E-state index contributed by atoms with van der Waals surface area (Å²) in [6.07, 6.45) is 3.22. The van der Waals surface area contributed by atoms with Crippen LogP contribution in [0.25, 0.3) is 0 Å². The quantitative estimate of drug-likeness (QED) is 0.685. The van der Waals surface area contributed by atoms with Gasteiger partial charge < -0.3 is 5.32 Å². The van der Waals surface area contributed by atoms with Gasteiger partial charge in [-0.05, 0) is 54.8 Å². The minimum absolute atomic E-state index is 0.183. The van der Waals surface area contributed by atoms with E-state index in [9.17, 15) is 4.39 Å². The van der Waals surface area contributed by atoms with Crippen LogP contribution in [0, 0.1) is 17.2 Å². The maximum atomic E-state index is 13.2. The van der Waals surface area contributed by atoms with E-state index in [2.05, 4.69) is 48.9 Å². The molecule has 3 heteroatoms. The first-order valence-electron chi connectivity index (χ1n) is 7.57. The van der Waals surface area contributed by atoms with Crippen molar-refractivity contribution in [3.8, 4) is 0 Å². The van der Waals surface area contributed by atoms with Gasteiger partial charge in [-0.15, -0.1) is 0 Å². The Hall–Kier alpha value is -0.410. The largest absolute Gasteiger partial charge is 0.316 e. The molecule has 20 heavy (non-hydrogen) atoms.